The third kappa shape index (κ3) is 5.39. The van der Waals surface area contributed by atoms with Gasteiger partial charge in [0.25, 0.3) is 0 Å². The first kappa shape index (κ1) is 20.9. The Morgan fingerprint density at radius 3 is 2.62 bits per heavy atom. The van der Waals surface area contributed by atoms with Crippen molar-refractivity contribution >= 4 is 22.7 Å². The standard InChI is InChI=1S/C21H23NO7/c23-18(24)10-17(21(26)27)20(29-12-16-11-22-7-8-28-16)19(25)15-6-5-13-3-1-2-4-14(13)9-15/h1-6,9-10,16,19-20,22,25H,7-8,11-12H2,(H,23,24)(H,26,27)/b17-10-. The Morgan fingerprint density at radius 1 is 1.21 bits per heavy atom. The second-order valence-electron chi connectivity index (χ2n) is 6.75. The van der Waals surface area contributed by atoms with Gasteiger partial charge in [-0.1, -0.05) is 36.4 Å². The van der Waals surface area contributed by atoms with Gasteiger partial charge in [-0.25, -0.2) is 9.59 Å². The lowest BCUT2D eigenvalue weighted by Crippen LogP contribution is -2.42. The molecule has 4 N–H and O–H groups in total. The number of rotatable bonds is 8. The topological polar surface area (TPSA) is 125 Å². The van der Waals surface area contributed by atoms with E-state index in [1.807, 2.05) is 24.3 Å². The normalized spacial score (nSPS) is 19.6. The number of carbonyl (C=O) groups is 2. The van der Waals surface area contributed by atoms with Crippen molar-refractivity contribution in [2.24, 2.45) is 0 Å². The summed E-state index contributed by atoms with van der Waals surface area (Å²) in [6.07, 6.45) is -2.53. The maximum absolute atomic E-state index is 11.7. The molecule has 1 saturated heterocycles. The smallest absolute Gasteiger partial charge is 0.334 e. The van der Waals surface area contributed by atoms with Gasteiger partial charge in [-0.15, -0.1) is 0 Å². The number of hydrogen-bond acceptors (Lipinski definition) is 6. The van der Waals surface area contributed by atoms with Gasteiger partial charge in [-0.05, 0) is 22.4 Å². The fraction of sp³-hybridized carbons (Fsp3) is 0.333. The molecular formula is C21H23NO7. The summed E-state index contributed by atoms with van der Waals surface area (Å²) in [6, 6.07) is 12.7. The second kappa shape index (κ2) is 9.62. The van der Waals surface area contributed by atoms with E-state index in [0.717, 1.165) is 10.8 Å². The number of morpholine rings is 1. The molecule has 3 atom stereocenters. The number of nitrogens with one attached hydrogen (secondary N) is 1. The van der Waals surface area contributed by atoms with Crippen LogP contribution in [0.4, 0.5) is 0 Å². The Hall–Kier alpha value is -2.78. The lowest BCUT2D eigenvalue weighted by molar-refractivity contribution is -0.139. The van der Waals surface area contributed by atoms with Crippen LogP contribution in [0.5, 0.6) is 0 Å². The molecular weight excluding hydrogens is 378 g/mol. The van der Waals surface area contributed by atoms with Crippen molar-refractivity contribution in [1.29, 1.82) is 0 Å². The predicted octanol–water partition coefficient (Wildman–Crippen LogP) is 1.34. The summed E-state index contributed by atoms with van der Waals surface area (Å²) in [5.41, 5.74) is -0.115. The molecule has 0 bridgehead atoms. The highest BCUT2D eigenvalue weighted by Crippen LogP contribution is 2.28. The molecule has 154 valence electrons. The zero-order valence-electron chi connectivity index (χ0n) is 15.7. The molecule has 29 heavy (non-hydrogen) atoms. The molecule has 0 spiro atoms. The molecule has 1 heterocycles. The summed E-state index contributed by atoms with van der Waals surface area (Å²) < 4.78 is 11.2. The van der Waals surface area contributed by atoms with Crippen LogP contribution >= 0.6 is 0 Å². The van der Waals surface area contributed by atoms with E-state index in [0.29, 0.717) is 31.3 Å². The number of carboxylic acid groups (broad SMARTS) is 2. The minimum absolute atomic E-state index is 0.00650. The molecule has 1 aliphatic rings. The van der Waals surface area contributed by atoms with E-state index in [1.165, 1.54) is 0 Å². The van der Waals surface area contributed by atoms with Crippen LogP contribution in [0.3, 0.4) is 0 Å². The van der Waals surface area contributed by atoms with E-state index < -0.39 is 29.7 Å². The van der Waals surface area contributed by atoms with Gasteiger partial charge in [0.2, 0.25) is 0 Å². The Kier molecular flexibility index (Phi) is 6.95. The number of hydrogen-bond donors (Lipinski definition) is 4. The minimum atomic E-state index is -1.47. The maximum atomic E-state index is 11.7. The third-order valence-electron chi connectivity index (χ3n) is 4.70. The van der Waals surface area contributed by atoms with Crippen molar-refractivity contribution in [3.8, 4) is 0 Å². The van der Waals surface area contributed by atoms with Gasteiger partial charge in [0.15, 0.2) is 0 Å². The fourth-order valence-electron chi connectivity index (χ4n) is 3.25. The van der Waals surface area contributed by atoms with Crippen molar-refractivity contribution in [3.05, 3.63) is 59.7 Å². The van der Waals surface area contributed by atoms with Gasteiger partial charge in [-0.3, -0.25) is 0 Å². The summed E-state index contributed by atoms with van der Waals surface area (Å²) >= 11 is 0. The average molecular weight is 401 g/mol. The summed E-state index contributed by atoms with van der Waals surface area (Å²) in [6.45, 7) is 1.72. The number of aliphatic carboxylic acids is 2. The van der Waals surface area contributed by atoms with Crippen molar-refractivity contribution in [2.45, 2.75) is 18.3 Å². The number of benzene rings is 2. The summed E-state index contributed by atoms with van der Waals surface area (Å²) in [4.78, 5) is 22.9. The SMILES string of the molecule is O=C(O)/C=C(\C(=O)O)C(OCC1CNCCO1)C(O)c1ccc2ccccc2c1. The Morgan fingerprint density at radius 2 is 1.97 bits per heavy atom. The van der Waals surface area contributed by atoms with Crippen LogP contribution in [-0.2, 0) is 19.1 Å². The zero-order valence-corrected chi connectivity index (χ0v) is 15.7. The molecule has 0 radical (unpaired) electrons. The molecule has 1 aliphatic heterocycles. The van der Waals surface area contributed by atoms with E-state index in [1.54, 1.807) is 18.2 Å². The monoisotopic (exact) mass is 401 g/mol. The maximum Gasteiger partial charge on any atom is 0.334 e. The lowest BCUT2D eigenvalue weighted by Gasteiger charge is -2.28. The van der Waals surface area contributed by atoms with Gasteiger partial charge in [0.1, 0.15) is 12.2 Å². The first-order chi connectivity index (χ1) is 14.0. The van der Waals surface area contributed by atoms with Gasteiger partial charge in [0, 0.05) is 19.2 Å². The van der Waals surface area contributed by atoms with Crippen molar-refractivity contribution in [3.63, 3.8) is 0 Å². The molecule has 2 aromatic rings. The molecule has 0 saturated carbocycles. The molecule has 8 nitrogen and oxygen atoms in total. The van der Waals surface area contributed by atoms with Crippen LogP contribution in [-0.4, -0.2) is 65.8 Å². The molecule has 0 aliphatic carbocycles. The van der Waals surface area contributed by atoms with E-state index in [9.17, 15) is 19.8 Å². The Balaban J connectivity index is 1.90. The molecule has 0 amide bonds. The highest BCUT2D eigenvalue weighted by molar-refractivity contribution is 5.95. The van der Waals surface area contributed by atoms with Crippen LogP contribution in [0.15, 0.2) is 54.1 Å². The highest BCUT2D eigenvalue weighted by Gasteiger charge is 2.32. The Labute approximate surface area is 167 Å². The summed E-state index contributed by atoms with van der Waals surface area (Å²) in [7, 11) is 0. The molecule has 2 aromatic carbocycles. The van der Waals surface area contributed by atoms with Crippen LogP contribution in [0.25, 0.3) is 10.8 Å². The molecule has 8 heteroatoms. The van der Waals surface area contributed by atoms with E-state index >= 15 is 0 Å². The van der Waals surface area contributed by atoms with Crippen LogP contribution in [0.2, 0.25) is 0 Å². The predicted molar refractivity (Wildman–Crippen MR) is 105 cm³/mol. The molecule has 3 rings (SSSR count). The van der Waals surface area contributed by atoms with Crippen LogP contribution in [0.1, 0.15) is 11.7 Å². The third-order valence-corrected chi connectivity index (χ3v) is 4.70. The lowest BCUT2D eigenvalue weighted by atomic mass is 9.95. The Bertz CT molecular complexity index is 905. The first-order valence-electron chi connectivity index (χ1n) is 9.24. The molecule has 0 aromatic heterocycles. The number of aliphatic hydroxyl groups is 1. The van der Waals surface area contributed by atoms with E-state index in [4.69, 9.17) is 14.6 Å². The number of carboxylic acids is 2. The van der Waals surface area contributed by atoms with Gasteiger partial charge >= 0.3 is 11.9 Å². The van der Waals surface area contributed by atoms with E-state index in [2.05, 4.69) is 5.32 Å². The van der Waals surface area contributed by atoms with Crippen molar-refractivity contribution in [1.82, 2.24) is 5.32 Å². The highest BCUT2D eigenvalue weighted by atomic mass is 16.5. The fourth-order valence-corrected chi connectivity index (χ4v) is 3.25. The average Bonchev–Trinajstić information content (AvgIpc) is 2.73. The van der Waals surface area contributed by atoms with Gasteiger partial charge in [0.05, 0.1) is 24.9 Å². The molecule has 1 fully saturated rings. The molecule has 3 unspecified atom stereocenters. The second-order valence-corrected chi connectivity index (χ2v) is 6.75. The number of fused-ring (bicyclic) bond motifs is 1. The van der Waals surface area contributed by atoms with Gasteiger partial charge < -0.3 is 30.1 Å². The first-order valence-corrected chi connectivity index (χ1v) is 9.24. The minimum Gasteiger partial charge on any atom is -0.478 e. The van der Waals surface area contributed by atoms with Crippen molar-refractivity contribution < 1.29 is 34.4 Å². The van der Waals surface area contributed by atoms with Crippen LogP contribution in [0, 0.1) is 0 Å². The van der Waals surface area contributed by atoms with Gasteiger partial charge in [-0.2, -0.15) is 0 Å². The zero-order chi connectivity index (χ0) is 20.8. The largest absolute Gasteiger partial charge is 0.478 e. The summed E-state index contributed by atoms with van der Waals surface area (Å²) in [5.74, 6) is -2.91. The van der Waals surface area contributed by atoms with E-state index in [-0.39, 0.29) is 12.7 Å². The number of aliphatic hydroxyl groups excluding tert-OH is 1. The van der Waals surface area contributed by atoms with Crippen LogP contribution < -0.4 is 5.32 Å². The summed E-state index contributed by atoms with van der Waals surface area (Å²) in [5, 5.41) is 34.5. The van der Waals surface area contributed by atoms with Crippen molar-refractivity contribution in [2.75, 3.05) is 26.3 Å². The number of ether oxygens (including phenoxy) is 2. The quantitative estimate of drug-likeness (QED) is 0.489.